The van der Waals surface area contributed by atoms with Crippen molar-refractivity contribution in [3.8, 4) is 5.75 Å². The van der Waals surface area contributed by atoms with Crippen LogP contribution in [-0.4, -0.2) is 44.9 Å². The summed E-state index contributed by atoms with van der Waals surface area (Å²) in [7, 11) is -2.27. The van der Waals surface area contributed by atoms with Crippen LogP contribution in [0.15, 0.2) is 41.8 Å². The lowest BCUT2D eigenvalue weighted by molar-refractivity contribution is -0.121. The zero-order valence-electron chi connectivity index (χ0n) is 13.8. The van der Waals surface area contributed by atoms with Crippen LogP contribution in [0.5, 0.6) is 5.75 Å². The number of nitrogens with zero attached hydrogens (tertiary/aromatic N) is 1. The number of benzene rings is 1. The van der Waals surface area contributed by atoms with Crippen LogP contribution in [0.2, 0.25) is 0 Å². The molecule has 7 heteroatoms. The molecule has 23 heavy (non-hydrogen) atoms. The van der Waals surface area contributed by atoms with Gasteiger partial charge in [0, 0.05) is 12.6 Å². The van der Waals surface area contributed by atoms with Crippen LogP contribution < -0.4 is 10.1 Å². The molecule has 0 aliphatic carbocycles. The Bertz CT molecular complexity index is 626. The highest BCUT2D eigenvalue weighted by Gasteiger charge is 2.26. The summed E-state index contributed by atoms with van der Waals surface area (Å²) in [6.45, 7) is 7.19. The molecule has 1 aromatic rings. The number of nitrogens with one attached hydrogen (secondary N) is 1. The van der Waals surface area contributed by atoms with Crippen molar-refractivity contribution in [2.75, 3.05) is 20.2 Å². The van der Waals surface area contributed by atoms with Gasteiger partial charge in [-0.05, 0) is 37.6 Å². The van der Waals surface area contributed by atoms with Gasteiger partial charge in [-0.3, -0.25) is 4.79 Å². The molecule has 0 bridgehead atoms. The van der Waals surface area contributed by atoms with Crippen molar-refractivity contribution in [3.05, 3.63) is 36.9 Å². The van der Waals surface area contributed by atoms with E-state index in [9.17, 15) is 13.2 Å². The quantitative estimate of drug-likeness (QED) is 0.695. The van der Waals surface area contributed by atoms with Crippen LogP contribution >= 0.6 is 0 Å². The molecule has 0 aromatic heterocycles. The first kappa shape index (κ1) is 19.2. The molecular formula is C16H24N2O4S. The molecule has 0 spiro atoms. The molecule has 1 amide bonds. The van der Waals surface area contributed by atoms with Gasteiger partial charge >= 0.3 is 0 Å². The topological polar surface area (TPSA) is 75.7 Å². The fourth-order valence-electron chi connectivity index (χ4n) is 1.87. The normalized spacial score (nSPS) is 12.7. The van der Waals surface area contributed by atoms with Gasteiger partial charge in [-0.15, -0.1) is 6.58 Å². The van der Waals surface area contributed by atoms with E-state index in [1.807, 2.05) is 13.8 Å². The van der Waals surface area contributed by atoms with Crippen LogP contribution in [0, 0.1) is 0 Å². The van der Waals surface area contributed by atoms with Crippen molar-refractivity contribution in [2.45, 2.75) is 31.2 Å². The minimum absolute atomic E-state index is 0.00299. The van der Waals surface area contributed by atoms with Crippen LogP contribution in [0.1, 0.15) is 20.3 Å². The number of ether oxygens (including phenoxy) is 1. The zero-order valence-corrected chi connectivity index (χ0v) is 14.6. The molecule has 1 atom stereocenters. The molecule has 6 nitrogen and oxygen atoms in total. The van der Waals surface area contributed by atoms with E-state index in [0.717, 1.165) is 10.7 Å². The SMILES string of the molecule is C=CCN(CC(=O)N[C@@H](C)CC)S(=O)(=O)c1ccc(OC)cc1. The van der Waals surface area contributed by atoms with Crippen LogP contribution in [0.4, 0.5) is 0 Å². The summed E-state index contributed by atoms with van der Waals surface area (Å²) in [5.74, 6) is 0.229. The van der Waals surface area contributed by atoms with E-state index in [-0.39, 0.29) is 29.9 Å². The van der Waals surface area contributed by atoms with Gasteiger partial charge in [0.25, 0.3) is 0 Å². The van der Waals surface area contributed by atoms with E-state index in [1.54, 1.807) is 12.1 Å². The lowest BCUT2D eigenvalue weighted by atomic mass is 10.2. The van der Waals surface area contributed by atoms with Crippen molar-refractivity contribution in [1.82, 2.24) is 9.62 Å². The molecule has 0 aliphatic rings. The van der Waals surface area contributed by atoms with E-state index in [4.69, 9.17) is 4.74 Å². The molecule has 128 valence electrons. The maximum Gasteiger partial charge on any atom is 0.243 e. The molecule has 0 saturated heterocycles. The predicted octanol–water partition coefficient (Wildman–Crippen LogP) is 1.79. The lowest BCUT2D eigenvalue weighted by Gasteiger charge is -2.21. The summed E-state index contributed by atoms with van der Waals surface area (Å²) >= 11 is 0. The van der Waals surface area contributed by atoms with Crippen molar-refractivity contribution in [2.24, 2.45) is 0 Å². The van der Waals surface area contributed by atoms with E-state index in [0.29, 0.717) is 5.75 Å². The monoisotopic (exact) mass is 340 g/mol. The molecule has 0 heterocycles. The maximum atomic E-state index is 12.7. The number of carbonyl (C=O) groups excluding carboxylic acids is 1. The van der Waals surface area contributed by atoms with Gasteiger partial charge in [-0.2, -0.15) is 4.31 Å². The summed E-state index contributed by atoms with van der Waals surface area (Å²) in [6, 6.07) is 6.04. The minimum atomic E-state index is -3.78. The second-order valence-corrected chi connectivity index (χ2v) is 7.08. The van der Waals surface area contributed by atoms with Gasteiger partial charge in [0.2, 0.25) is 15.9 Å². The Balaban J connectivity index is 2.97. The van der Waals surface area contributed by atoms with Gasteiger partial charge < -0.3 is 10.1 Å². The highest BCUT2D eigenvalue weighted by atomic mass is 32.2. The Morgan fingerprint density at radius 3 is 2.48 bits per heavy atom. The fourth-order valence-corrected chi connectivity index (χ4v) is 3.24. The third kappa shape index (κ3) is 5.37. The maximum absolute atomic E-state index is 12.7. The summed E-state index contributed by atoms with van der Waals surface area (Å²) in [5, 5.41) is 2.76. The third-order valence-corrected chi connectivity index (χ3v) is 5.20. The minimum Gasteiger partial charge on any atom is -0.497 e. The number of methoxy groups -OCH3 is 1. The Labute approximate surface area is 138 Å². The lowest BCUT2D eigenvalue weighted by Crippen LogP contribution is -2.43. The first-order valence-electron chi connectivity index (χ1n) is 7.39. The Morgan fingerprint density at radius 2 is 2.00 bits per heavy atom. The summed E-state index contributed by atoms with van der Waals surface area (Å²) in [6.07, 6.45) is 2.23. The van der Waals surface area contributed by atoms with Crippen LogP contribution in [0.25, 0.3) is 0 Å². The second-order valence-electron chi connectivity index (χ2n) is 5.14. The van der Waals surface area contributed by atoms with Crippen molar-refractivity contribution in [1.29, 1.82) is 0 Å². The van der Waals surface area contributed by atoms with E-state index in [2.05, 4.69) is 11.9 Å². The average molecular weight is 340 g/mol. The Hall–Kier alpha value is -1.86. The van der Waals surface area contributed by atoms with Crippen LogP contribution in [0.3, 0.4) is 0 Å². The number of sulfonamides is 1. The highest BCUT2D eigenvalue weighted by Crippen LogP contribution is 2.19. The molecule has 0 saturated carbocycles. The average Bonchev–Trinajstić information content (AvgIpc) is 2.54. The van der Waals surface area contributed by atoms with Gasteiger partial charge in [0.15, 0.2) is 0 Å². The molecule has 0 aliphatic heterocycles. The molecule has 0 radical (unpaired) electrons. The number of carbonyl (C=O) groups is 1. The summed E-state index contributed by atoms with van der Waals surface area (Å²) in [4.78, 5) is 12.1. The predicted molar refractivity (Wildman–Crippen MR) is 89.8 cm³/mol. The number of amides is 1. The van der Waals surface area contributed by atoms with E-state index >= 15 is 0 Å². The van der Waals surface area contributed by atoms with E-state index < -0.39 is 10.0 Å². The standard InChI is InChI=1S/C16H24N2O4S/c1-5-11-18(12-16(19)17-13(3)6-2)23(20,21)15-9-7-14(22-4)8-10-15/h5,7-10,13H,1,6,11-12H2,2-4H3,(H,17,19)/t13-/m0/s1. The molecular weight excluding hydrogens is 316 g/mol. The van der Waals surface area contributed by atoms with Crippen molar-refractivity contribution < 1.29 is 17.9 Å². The van der Waals surface area contributed by atoms with Gasteiger partial charge in [-0.1, -0.05) is 13.0 Å². The van der Waals surface area contributed by atoms with Crippen LogP contribution in [-0.2, 0) is 14.8 Å². The molecule has 1 rings (SSSR count). The van der Waals surface area contributed by atoms with E-state index in [1.165, 1.54) is 25.3 Å². The third-order valence-electron chi connectivity index (χ3n) is 3.37. The zero-order chi connectivity index (χ0) is 17.5. The summed E-state index contributed by atoms with van der Waals surface area (Å²) in [5.41, 5.74) is 0. The summed E-state index contributed by atoms with van der Waals surface area (Å²) < 4.78 is 31.5. The fraction of sp³-hybridized carbons (Fsp3) is 0.438. The Kier molecular flexibility index (Phi) is 7.25. The van der Waals surface area contributed by atoms with Crippen molar-refractivity contribution in [3.63, 3.8) is 0 Å². The second kappa shape index (κ2) is 8.69. The molecule has 0 fully saturated rings. The van der Waals surface area contributed by atoms with Crippen molar-refractivity contribution >= 4 is 15.9 Å². The van der Waals surface area contributed by atoms with Gasteiger partial charge in [-0.25, -0.2) is 8.42 Å². The van der Waals surface area contributed by atoms with Gasteiger partial charge in [0.05, 0.1) is 18.6 Å². The number of hydrogen-bond donors (Lipinski definition) is 1. The first-order valence-corrected chi connectivity index (χ1v) is 8.83. The highest BCUT2D eigenvalue weighted by molar-refractivity contribution is 7.89. The van der Waals surface area contributed by atoms with Gasteiger partial charge in [0.1, 0.15) is 5.75 Å². The number of rotatable bonds is 9. The number of hydrogen-bond acceptors (Lipinski definition) is 4. The molecule has 0 unspecified atom stereocenters. The largest absolute Gasteiger partial charge is 0.497 e. The molecule has 1 N–H and O–H groups in total. The first-order chi connectivity index (χ1) is 10.8. The Morgan fingerprint density at radius 1 is 1.39 bits per heavy atom. The smallest absolute Gasteiger partial charge is 0.243 e. The molecule has 1 aromatic carbocycles.